The summed E-state index contributed by atoms with van der Waals surface area (Å²) < 4.78 is 1.03. The SMILES string of the molecule is Cc1ccc(C(=O)Nc2ccccc2C(=O)NC(C)C)cc1I. The molecule has 4 nitrogen and oxygen atoms in total. The van der Waals surface area contributed by atoms with Crippen molar-refractivity contribution in [1.29, 1.82) is 0 Å². The average molecular weight is 422 g/mol. The van der Waals surface area contributed by atoms with E-state index in [9.17, 15) is 9.59 Å². The van der Waals surface area contributed by atoms with Gasteiger partial charge in [0.1, 0.15) is 0 Å². The van der Waals surface area contributed by atoms with Crippen LogP contribution < -0.4 is 10.6 Å². The average Bonchev–Trinajstić information content (AvgIpc) is 2.49. The molecule has 2 N–H and O–H groups in total. The lowest BCUT2D eigenvalue weighted by Crippen LogP contribution is -2.31. The first-order valence-electron chi connectivity index (χ1n) is 7.36. The third kappa shape index (κ3) is 4.54. The zero-order valence-electron chi connectivity index (χ0n) is 13.3. The second-order valence-electron chi connectivity index (χ2n) is 5.59. The first-order chi connectivity index (χ1) is 10.9. The van der Waals surface area contributed by atoms with E-state index in [4.69, 9.17) is 0 Å². The molecule has 2 aromatic rings. The van der Waals surface area contributed by atoms with Gasteiger partial charge >= 0.3 is 0 Å². The molecule has 2 amide bonds. The van der Waals surface area contributed by atoms with Crippen molar-refractivity contribution in [2.24, 2.45) is 0 Å². The minimum atomic E-state index is -0.229. The van der Waals surface area contributed by atoms with Crippen LogP contribution in [0.2, 0.25) is 0 Å². The van der Waals surface area contributed by atoms with Crippen molar-refractivity contribution in [3.8, 4) is 0 Å². The first kappa shape index (κ1) is 17.5. The van der Waals surface area contributed by atoms with Gasteiger partial charge in [-0.25, -0.2) is 0 Å². The molecule has 120 valence electrons. The summed E-state index contributed by atoms with van der Waals surface area (Å²) in [6, 6.07) is 12.6. The smallest absolute Gasteiger partial charge is 0.255 e. The Labute approximate surface area is 149 Å². The van der Waals surface area contributed by atoms with E-state index in [0.29, 0.717) is 16.8 Å². The molecule has 0 atom stereocenters. The maximum atomic E-state index is 12.4. The fourth-order valence-electron chi connectivity index (χ4n) is 2.06. The molecule has 0 spiro atoms. The summed E-state index contributed by atoms with van der Waals surface area (Å²) in [6.45, 7) is 5.79. The highest BCUT2D eigenvalue weighted by molar-refractivity contribution is 14.1. The fourth-order valence-corrected chi connectivity index (χ4v) is 2.57. The third-order valence-electron chi connectivity index (χ3n) is 3.27. The van der Waals surface area contributed by atoms with E-state index in [2.05, 4.69) is 33.2 Å². The van der Waals surface area contributed by atoms with Gasteiger partial charge in [0.25, 0.3) is 11.8 Å². The molecule has 0 radical (unpaired) electrons. The molecule has 0 saturated heterocycles. The maximum Gasteiger partial charge on any atom is 0.255 e. The summed E-state index contributed by atoms with van der Waals surface area (Å²) in [4.78, 5) is 24.7. The lowest BCUT2D eigenvalue weighted by Gasteiger charge is -2.13. The van der Waals surface area contributed by atoms with Crippen LogP contribution in [-0.4, -0.2) is 17.9 Å². The number of hydrogen-bond acceptors (Lipinski definition) is 2. The highest BCUT2D eigenvalue weighted by Crippen LogP contribution is 2.18. The number of nitrogens with one attached hydrogen (secondary N) is 2. The largest absolute Gasteiger partial charge is 0.350 e. The van der Waals surface area contributed by atoms with Crippen LogP contribution in [0.1, 0.15) is 40.1 Å². The van der Waals surface area contributed by atoms with E-state index < -0.39 is 0 Å². The van der Waals surface area contributed by atoms with E-state index >= 15 is 0 Å². The topological polar surface area (TPSA) is 58.2 Å². The Kier molecular flexibility index (Phi) is 5.76. The van der Waals surface area contributed by atoms with E-state index in [0.717, 1.165) is 9.13 Å². The highest BCUT2D eigenvalue weighted by Gasteiger charge is 2.15. The van der Waals surface area contributed by atoms with Gasteiger partial charge in [0.05, 0.1) is 11.3 Å². The van der Waals surface area contributed by atoms with Crippen LogP contribution in [0.3, 0.4) is 0 Å². The Morgan fingerprint density at radius 1 is 1.04 bits per heavy atom. The van der Waals surface area contributed by atoms with Crippen LogP contribution in [0, 0.1) is 10.5 Å². The number of amides is 2. The quantitative estimate of drug-likeness (QED) is 0.733. The molecule has 0 unspecified atom stereocenters. The Morgan fingerprint density at radius 2 is 1.74 bits per heavy atom. The molecule has 5 heteroatoms. The first-order valence-corrected chi connectivity index (χ1v) is 8.43. The van der Waals surface area contributed by atoms with Crippen molar-refractivity contribution in [3.05, 3.63) is 62.7 Å². The van der Waals surface area contributed by atoms with Gasteiger partial charge in [-0.1, -0.05) is 18.2 Å². The number of halogens is 1. The number of carbonyl (C=O) groups excluding carboxylic acids is 2. The van der Waals surface area contributed by atoms with Gasteiger partial charge in [-0.05, 0) is 73.2 Å². The molecule has 0 aliphatic carbocycles. The van der Waals surface area contributed by atoms with Gasteiger partial charge in [-0.15, -0.1) is 0 Å². The van der Waals surface area contributed by atoms with Crippen LogP contribution in [0.15, 0.2) is 42.5 Å². The molecule has 2 rings (SSSR count). The summed E-state index contributed by atoms with van der Waals surface area (Å²) >= 11 is 2.20. The zero-order chi connectivity index (χ0) is 17.0. The van der Waals surface area contributed by atoms with Crippen molar-refractivity contribution in [2.45, 2.75) is 26.8 Å². The van der Waals surface area contributed by atoms with Gasteiger partial charge in [0, 0.05) is 15.2 Å². The molecule has 0 aliphatic rings. The minimum Gasteiger partial charge on any atom is -0.350 e. The van der Waals surface area contributed by atoms with Gasteiger partial charge in [-0.2, -0.15) is 0 Å². The number of para-hydroxylation sites is 1. The standard InChI is InChI=1S/C18H19IN2O2/c1-11(2)20-18(23)14-6-4-5-7-16(14)21-17(22)13-9-8-12(3)15(19)10-13/h4-11H,1-3H3,(H,20,23)(H,21,22). The molecule has 0 fully saturated rings. The van der Waals surface area contributed by atoms with Crippen molar-refractivity contribution >= 4 is 40.1 Å². The summed E-state index contributed by atoms with van der Waals surface area (Å²) in [5, 5.41) is 5.66. The van der Waals surface area contributed by atoms with Gasteiger partial charge < -0.3 is 10.6 Å². The van der Waals surface area contributed by atoms with Crippen LogP contribution >= 0.6 is 22.6 Å². The van der Waals surface area contributed by atoms with Crippen molar-refractivity contribution in [1.82, 2.24) is 5.32 Å². The number of rotatable bonds is 4. The number of anilines is 1. The molecule has 0 saturated carbocycles. The Bertz CT molecular complexity index is 742. The number of benzene rings is 2. The zero-order valence-corrected chi connectivity index (χ0v) is 15.5. The number of aryl methyl sites for hydroxylation is 1. The highest BCUT2D eigenvalue weighted by atomic mass is 127. The summed E-state index contributed by atoms with van der Waals surface area (Å²) in [5.41, 5.74) is 2.65. The predicted octanol–water partition coefficient (Wildman–Crippen LogP) is 3.99. The van der Waals surface area contributed by atoms with E-state index in [1.54, 1.807) is 30.3 Å². The molecular formula is C18H19IN2O2. The van der Waals surface area contributed by atoms with Crippen LogP contribution in [0.4, 0.5) is 5.69 Å². The van der Waals surface area contributed by atoms with Crippen molar-refractivity contribution in [3.63, 3.8) is 0 Å². The van der Waals surface area contributed by atoms with Crippen molar-refractivity contribution in [2.75, 3.05) is 5.32 Å². The number of carbonyl (C=O) groups is 2. The minimum absolute atomic E-state index is 0.0323. The van der Waals surface area contributed by atoms with E-state index in [-0.39, 0.29) is 17.9 Å². The molecule has 0 aromatic heterocycles. The predicted molar refractivity (Wildman–Crippen MR) is 101 cm³/mol. The Morgan fingerprint density at radius 3 is 2.39 bits per heavy atom. The lowest BCUT2D eigenvalue weighted by atomic mass is 10.1. The monoisotopic (exact) mass is 422 g/mol. The van der Waals surface area contributed by atoms with Crippen LogP contribution in [0.5, 0.6) is 0 Å². The summed E-state index contributed by atoms with van der Waals surface area (Å²) in [5.74, 6) is -0.429. The molecule has 0 heterocycles. The second kappa shape index (κ2) is 7.59. The molecule has 23 heavy (non-hydrogen) atoms. The van der Waals surface area contributed by atoms with E-state index in [1.165, 1.54) is 0 Å². The second-order valence-corrected chi connectivity index (χ2v) is 6.75. The molecule has 2 aromatic carbocycles. The molecular weight excluding hydrogens is 403 g/mol. The Hall–Kier alpha value is -1.89. The lowest BCUT2D eigenvalue weighted by molar-refractivity contribution is 0.0944. The van der Waals surface area contributed by atoms with Crippen LogP contribution in [-0.2, 0) is 0 Å². The maximum absolute atomic E-state index is 12.4. The number of hydrogen-bond donors (Lipinski definition) is 2. The molecule has 0 aliphatic heterocycles. The Balaban J connectivity index is 2.24. The fraction of sp³-hybridized carbons (Fsp3) is 0.222. The third-order valence-corrected chi connectivity index (χ3v) is 4.44. The van der Waals surface area contributed by atoms with Crippen LogP contribution in [0.25, 0.3) is 0 Å². The van der Waals surface area contributed by atoms with Crippen molar-refractivity contribution < 1.29 is 9.59 Å². The van der Waals surface area contributed by atoms with Gasteiger partial charge in [0.15, 0.2) is 0 Å². The van der Waals surface area contributed by atoms with Gasteiger partial charge in [0.2, 0.25) is 0 Å². The summed E-state index contributed by atoms with van der Waals surface area (Å²) in [6.07, 6.45) is 0. The normalized spacial score (nSPS) is 10.5. The van der Waals surface area contributed by atoms with Gasteiger partial charge in [-0.3, -0.25) is 9.59 Å². The van der Waals surface area contributed by atoms with E-state index in [1.807, 2.05) is 32.9 Å². The summed E-state index contributed by atoms with van der Waals surface area (Å²) in [7, 11) is 0. The molecule has 0 bridgehead atoms.